The van der Waals surface area contributed by atoms with Crippen LogP contribution >= 0.6 is 0 Å². The van der Waals surface area contributed by atoms with E-state index in [0.717, 1.165) is 24.8 Å². The van der Waals surface area contributed by atoms with Crippen molar-refractivity contribution < 1.29 is 0 Å². The second-order valence-corrected chi connectivity index (χ2v) is 6.15. The maximum Gasteiger partial charge on any atom is 0.0425 e. The Morgan fingerprint density at radius 1 is 1.35 bits per heavy atom. The van der Waals surface area contributed by atoms with E-state index in [4.69, 9.17) is 0 Å². The summed E-state index contributed by atoms with van der Waals surface area (Å²) in [5.74, 6) is 2.26. The van der Waals surface area contributed by atoms with Gasteiger partial charge in [0.1, 0.15) is 0 Å². The largest absolute Gasteiger partial charge is 0.385 e. The molecule has 0 aromatic carbocycles. The van der Waals surface area contributed by atoms with Crippen molar-refractivity contribution in [2.24, 2.45) is 22.7 Å². The van der Waals surface area contributed by atoms with Crippen LogP contribution < -0.4 is 5.32 Å². The smallest absolute Gasteiger partial charge is 0.0425 e. The monoisotopic (exact) mass is 228 g/mol. The molecule has 4 aliphatic rings. The molecule has 2 nitrogen and oxygen atoms in total. The summed E-state index contributed by atoms with van der Waals surface area (Å²) in [6.45, 7) is 3.42. The fraction of sp³-hybridized carbons (Fsp3) is 0.667. The summed E-state index contributed by atoms with van der Waals surface area (Å²) >= 11 is 0. The summed E-state index contributed by atoms with van der Waals surface area (Å²) in [5, 5.41) is 3.79. The second-order valence-electron chi connectivity index (χ2n) is 6.15. The standard InChI is InChI=1S/C15H20N2/c1-9-13-6-12-4-10-5-14(9)17-15(13)7-11(12)2-3-16-8-10/h7-10,13-14,17H,2-6H2,1H3/b16-8-. The molecule has 2 heterocycles. The van der Waals surface area contributed by atoms with E-state index in [0.29, 0.717) is 12.0 Å². The third kappa shape index (κ3) is 1.42. The van der Waals surface area contributed by atoms with Crippen molar-refractivity contribution in [1.29, 1.82) is 0 Å². The van der Waals surface area contributed by atoms with Gasteiger partial charge in [0.15, 0.2) is 0 Å². The van der Waals surface area contributed by atoms with E-state index in [-0.39, 0.29) is 0 Å². The number of rotatable bonds is 0. The van der Waals surface area contributed by atoms with Gasteiger partial charge in [-0.2, -0.15) is 0 Å². The van der Waals surface area contributed by atoms with Crippen LogP contribution in [0, 0.1) is 17.8 Å². The van der Waals surface area contributed by atoms with Crippen LogP contribution in [0.25, 0.3) is 0 Å². The van der Waals surface area contributed by atoms with E-state index in [1.165, 1.54) is 25.0 Å². The number of hydrogen-bond donors (Lipinski definition) is 1. The molecule has 4 unspecified atom stereocenters. The zero-order chi connectivity index (χ0) is 11.4. The highest BCUT2D eigenvalue weighted by atomic mass is 15.0. The van der Waals surface area contributed by atoms with E-state index < -0.39 is 0 Å². The first-order valence-electron chi connectivity index (χ1n) is 7.00. The summed E-state index contributed by atoms with van der Waals surface area (Å²) in [7, 11) is 0. The lowest BCUT2D eigenvalue weighted by Gasteiger charge is -2.31. The van der Waals surface area contributed by atoms with E-state index >= 15 is 0 Å². The van der Waals surface area contributed by atoms with Gasteiger partial charge in [0, 0.05) is 30.4 Å². The zero-order valence-corrected chi connectivity index (χ0v) is 10.4. The highest BCUT2D eigenvalue weighted by Gasteiger charge is 2.41. The van der Waals surface area contributed by atoms with Gasteiger partial charge in [0.05, 0.1) is 0 Å². The number of nitrogens with zero attached hydrogens (tertiary/aromatic N) is 1. The molecule has 0 radical (unpaired) electrons. The number of nitrogens with one attached hydrogen (secondary N) is 1. The quantitative estimate of drug-likeness (QED) is 0.677. The minimum absolute atomic E-state index is 0.673. The molecule has 2 fully saturated rings. The first-order valence-corrected chi connectivity index (χ1v) is 7.00. The van der Waals surface area contributed by atoms with E-state index in [9.17, 15) is 0 Å². The number of allylic oxidation sites excluding steroid dienone is 3. The van der Waals surface area contributed by atoms with Crippen molar-refractivity contribution in [2.75, 3.05) is 6.54 Å². The average molecular weight is 228 g/mol. The molecule has 90 valence electrons. The molecule has 4 bridgehead atoms. The van der Waals surface area contributed by atoms with Crippen molar-refractivity contribution in [1.82, 2.24) is 5.32 Å². The highest BCUT2D eigenvalue weighted by molar-refractivity contribution is 5.62. The molecule has 0 aromatic rings. The van der Waals surface area contributed by atoms with Crippen LogP contribution in [0.4, 0.5) is 0 Å². The predicted molar refractivity (Wildman–Crippen MR) is 70.0 cm³/mol. The van der Waals surface area contributed by atoms with Gasteiger partial charge in [-0.25, -0.2) is 0 Å². The fourth-order valence-electron chi connectivity index (χ4n) is 4.13. The Balaban J connectivity index is 1.84. The van der Waals surface area contributed by atoms with Crippen molar-refractivity contribution in [3.05, 3.63) is 22.9 Å². The molecule has 0 spiro atoms. The first-order chi connectivity index (χ1) is 8.31. The van der Waals surface area contributed by atoms with Gasteiger partial charge in [0.25, 0.3) is 0 Å². The number of aliphatic imine (C=N–C) groups is 1. The SMILES string of the molecule is CC1C2CC3/C=N\CCC4=C(C3)CC1C(=C4)N2. The van der Waals surface area contributed by atoms with Gasteiger partial charge in [-0.1, -0.05) is 12.5 Å². The summed E-state index contributed by atoms with van der Waals surface area (Å²) in [5.41, 5.74) is 4.87. The first kappa shape index (κ1) is 9.93. The fourth-order valence-corrected chi connectivity index (χ4v) is 4.13. The van der Waals surface area contributed by atoms with Crippen LogP contribution in [-0.2, 0) is 0 Å². The Morgan fingerprint density at radius 3 is 3.24 bits per heavy atom. The average Bonchev–Trinajstić information content (AvgIpc) is 2.62. The number of fused-ring (bicyclic) bond motifs is 2. The summed E-state index contributed by atoms with van der Waals surface area (Å²) in [6, 6.07) is 0.682. The second kappa shape index (κ2) is 3.47. The summed E-state index contributed by atoms with van der Waals surface area (Å²) in [4.78, 5) is 4.60. The van der Waals surface area contributed by atoms with Crippen LogP contribution in [0.2, 0.25) is 0 Å². The maximum absolute atomic E-state index is 4.60. The van der Waals surface area contributed by atoms with Gasteiger partial charge >= 0.3 is 0 Å². The molecule has 4 atom stereocenters. The Bertz CT molecular complexity index is 444. The van der Waals surface area contributed by atoms with Crippen LogP contribution in [0.15, 0.2) is 27.9 Å². The Hall–Kier alpha value is -1.05. The number of hydrogen-bond acceptors (Lipinski definition) is 2. The van der Waals surface area contributed by atoms with Crippen molar-refractivity contribution in [3.8, 4) is 0 Å². The Morgan fingerprint density at radius 2 is 2.29 bits per heavy atom. The van der Waals surface area contributed by atoms with Crippen LogP contribution in [0.1, 0.15) is 32.6 Å². The van der Waals surface area contributed by atoms with Gasteiger partial charge < -0.3 is 5.32 Å². The summed E-state index contributed by atoms with van der Waals surface area (Å²) in [6.07, 6.45) is 9.71. The minimum Gasteiger partial charge on any atom is -0.385 e. The molecule has 1 N–H and O–H groups in total. The Kier molecular flexibility index (Phi) is 2.03. The van der Waals surface area contributed by atoms with Crippen LogP contribution in [0.5, 0.6) is 0 Å². The Labute approximate surface area is 103 Å². The van der Waals surface area contributed by atoms with Gasteiger partial charge in [-0.05, 0) is 49.2 Å². The normalized spacial score (nSPS) is 44.6. The topological polar surface area (TPSA) is 24.4 Å². The van der Waals surface area contributed by atoms with Crippen LogP contribution in [-0.4, -0.2) is 18.8 Å². The predicted octanol–water partition coefficient (Wildman–Crippen LogP) is 2.68. The lowest BCUT2D eigenvalue weighted by molar-refractivity contribution is 0.335. The molecule has 1 saturated carbocycles. The molecule has 17 heavy (non-hydrogen) atoms. The molecule has 0 amide bonds. The molecule has 2 heteroatoms. The lowest BCUT2D eigenvalue weighted by atomic mass is 9.73. The molecular formula is C15H20N2. The third-order valence-corrected chi connectivity index (χ3v) is 5.16. The lowest BCUT2D eigenvalue weighted by Crippen LogP contribution is -2.30. The van der Waals surface area contributed by atoms with Gasteiger partial charge in [-0.3, -0.25) is 4.99 Å². The minimum atomic E-state index is 0.673. The third-order valence-electron chi connectivity index (χ3n) is 5.16. The zero-order valence-electron chi connectivity index (χ0n) is 10.4. The maximum atomic E-state index is 4.60. The van der Waals surface area contributed by atoms with E-state index in [1.807, 2.05) is 0 Å². The molecule has 0 aromatic heterocycles. The molecular weight excluding hydrogens is 208 g/mol. The van der Waals surface area contributed by atoms with Crippen molar-refractivity contribution in [2.45, 2.75) is 38.6 Å². The van der Waals surface area contributed by atoms with Crippen molar-refractivity contribution >= 4 is 6.21 Å². The molecule has 2 aliphatic carbocycles. The molecule has 1 saturated heterocycles. The van der Waals surface area contributed by atoms with Gasteiger partial charge in [0.2, 0.25) is 0 Å². The highest BCUT2D eigenvalue weighted by Crippen LogP contribution is 2.46. The molecule has 2 aliphatic heterocycles. The summed E-state index contributed by atoms with van der Waals surface area (Å²) < 4.78 is 0. The van der Waals surface area contributed by atoms with Crippen molar-refractivity contribution in [3.63, 3.8) is 0 Å². The van der Waals surface area contributed by atoms with E-state index in [1.54, 1.807) is 11.1 Å². The van der Waals surface area contributed by atoms with Gasteiger partial charge in [-0.15, -0.1) is 0 Å². The molecule has 4 rings (SSSR count). The van der Waals surface area contributed by atoms with E-state index in [2.05, 4.69) is 29.5 Å². The van der Waals surface area contributed by atoms with Crippen LogP contribution in [0.3, 0.4) is 0 Å².